The van der Waals surface area contributed by atoms with Crippen molar-refractivity contribution in [3.63, 3.8) is 0 Å². The van der Waals surface area contributed by atoms with Crippen LogP contribution in [0, 0.1) is 0 Å². The topological polar surface area (TPSA) is 72.6 Å². The summed E-state index contributed by atoms with van der Waals surface area (Å²) in [7, 11) is 0. The van der Waals surface area contributed by atoms with Gasteiger partial charge in [0.2, 0.25) is 11.8 Å². The van der Waals surface area contributed by atoms with Crippen LogP contribution >= 0.6 is 0 Å². The summed E-state index contributed by atoms with van der Waals surface area (Å²) in [5.74, 6) is -1.74. The fraction of sp³-hybridized carbons (Fsp3) is 0.467. The van der Waals surface area contributed by atoms with Crippen molar-refractivity contribution in [3.8, 4) is 5.75 Å². The third kappa shape index (κ3) is 4.59. The second kappa shape index (κ2) is 7.06. The smallest absolute Gasteiger partial charge is 0.406 e. The van der Waals surface area contributed by atoms with Crippen LogP contribution in [-0.4, -0.2) is 41.8 Å². The quantitative estimate of drug-likeness (QED) is 0.827. The highest BCUT2D eigenvalue weighted by molar-refractivity contribution is 5.87. The van der Waals surface area contributed by atoms with Gasteiger partial charge in [-0.1, -0.05) is 18.2 Å². The van der Waals surface area contributed by atoms with Crippen molar-refractivity contribution in [2.75, 3.05) is 6.54 Å². The molecule has 2 atom stereocenters. The monoisotopic (exact) mass is 348 g/mol. The standard InChI is InChI=1S/C15H16F4N2O3/c16-10-7-11(14(20)23)21(8-10)13(22)6-5-9-3-1-2-4-12(9)24-15(17,18)19/h1-4,10-11H,5-8H2,(H2,20,23)/t10-,11+/m1/s1. The molecule has 1 saturated heterocycles. The Bertz CT molecular complexity index is 621. The maximum absolute atomic E-state index is 13.4. The summed E-state index contributed by atoms with van der Waals surface area (Å²) in [5.41, 5.74) is 5.33. The summed E-state index contributed by atoms with van der Waals surface area (Å²) in [6.45, 7) is -0.243. The molecule has 0 aliphatic carbocycles. The van der Waals surface area contributed by atoms with Gasteiger partial charge in [-0.15, -0.1) is 13.2 Å². The molecule has 0 unspecified atom stereocenters. The number of nitrogens with two attached hydrogens (primary N) is 1. The molecule has 2 amide bonds. The fourth-order valence-electron chi connectivity index (χ4n) is 2.65. The summed E-state index contributed by atoms with van der Waals surface area (Å²) in [6.07, 6.45) is -6.56. The molecule has 2 N–H and O–H groups in total. The van der Waals surface area contributed by atoms with Gasteiger partial charge in [-0.3, -0.25) is 9.59 Å². The van der Waals surface area contributed by atoms with E-state index in [0.717, 1.165) is 11.0 Å². The number of amides is 2. The van der Waals surface area contributed by atoms with Gasteiger partial charge in [0.15, 0.2) is 0 Å². The molecule has 1 aromatic carbocycles. The number of para-hydroxylation sites is 1. The van der Waals surface area contributed by atoms with Crippen LogP contribution in [0.1, 0.15) is 18.4 Å². The summed E-state index contributed by atoms with van der Waals surface area (Å²) in [5, 5.41) is 0. The molecule has 0 saturated carbocycles. The minimum Gasteiger partial charge on any atom is -0.406 e. The average molecular weight is 348 g/mol. The largest absolute Gasteiger partial charge is 0.573 e. The zero-order valence-electron chi connectivity index (χ0n) is 12.6. The van der Waals surface area contributed by atoms with Gasteiger partial charge in [-0.2, -0.15) is 0 Å². The normalized spacial score (nSPS) is 20.9. The highest BCUT2D eigenvalue weighted by Gasteiger charge is 2.38. The lowest BCUT2D eigenvalue weighted by molar-refractivity contribution is -0.274. The van der Waals surface area contributed by atoms with E-state index in [9.17, 15) is 27.2 Å². The number of benzene rings is 1. The van der Waals surface area contributed by atoms with Crippen LogP contribution in [0.2, 0.25) is 0 Å². The van der Waals surface area contributed by atoms with Crippen molar-refractivity contribution >= 4 is 11.8 Å². The maximum Gasteiger partial charge on any atom is 0.573 e. The third-order valence-electron chi connectivity index (χ3n) is 3.71. The van der Waals surface area contributed by atoms with Gasteiger partial charge in [0, 0.05) is 12.8 Å². The zero-order chi connectivity index (χ0) is 17.9. The molecule has 5 nitrogen and oxygen atoms in total. The van der Waals surface area contributed by atoms with Crippen molar-refractivity contribution in [1.29, 1.82) is 0 Å². The second-order valence-electron chi connectivity index (χ2n) is 5.45. The van der Waals surface area contributed by atoms with Gasteiger partial charge in [0.25, 0.3) is 0 Å². The van der Waals surface area contributed by atoms with Crippen molar-refractivity contribution in [2.24, 2.45) is 5.73 Å². The molecule has 132 valence electrons. The van der Waals surface area contributed by atoms with Gasteiger partial charge in [-0.25, -0.2) is 4.39 Å². The molecule has 1 aromatic rings. The Kier molecular flexibility index (Phi) is 5.30. The number of carbonyl (C=O) groups is 2. The van der Waals surface area contributed by atoms with E-state index in [2.05, 4.69) is 4.74 Å². The van der Waals surface area contributed by atoms with Crippen LogP contribution in [0.25, 0.3) is 0 Å². The number of primary amides is 1. The minimum atomic E-state index is -4.84. The number of halogens is 4. The minimum absolute atomic E-state index is 0.0377. The Morgan fingerprint density at radius 1 is 1.29 bits per heavy atom. The van der Waals surface area contributed by atoms with Gasteiger partial charge < -0.3 is 15.4 Å². The molecule has 24 heavy (non-hydrogen) atoms. The second-order valence-corrected chi connectivity index (χ2v) is 5.45. The molecule has 0 spiro atoms. The predicted molar refractivity (Wildman–Crippen MR) is 75.7 cm³/mol. The first-order chi connectivity index (χ1) is 11.2. The molecule has 9 heteroatoms. The Labute approximate surface area is 135 Å². The molecule has 0 bridgehead atoms. The van der Waals surface area contributed by atoms with Crippen LogP contribution in [0.5, 0.6) is 5.75 Å². The van der Waals surface area contributed by atoms with Crippen molar-refractivity contribution in [3.05, 3.63) is 29.8 Å². The third-order valence-corrected chi connectivity index (χ3v) is 3.71. The lowest BCUT2D eigenvalue weighted by Gasteiger charge is -2.22. The highest BCUT2D eigenvalue weighted by Crippen LogP contribution is 2.28. The lowest BCUT2D eigenvalue weighted by atomic mass is 10.1. The number of rotatable bonds is 5. The van der Waals surface area contributed by atoms with Crippen LogP contribution in [-0.2, 0) is 16.0 Å². The molecular weight excluding hydrogens is 332 g/mol. The Balaban J connectivity index is 2.03. The number of aryl methyl sites for hydroxylation is 1. The summed E-state index contributed by atoms with van der Waals surface area (Å²) in [4.78, 5) is 24.5. The summed E-state index contributed by atoms with van der Waals surface area (Å²) >= 11 is 0. The van der Waals surface area contributed by atoms with Gasteiger partial charge >= 0.3 is 6.36 Å². The molecule has 1 fully saturated rings. The molecule has 2 rings (SSSR count). The zero-order valence-corrected chi connectivity index (χ0v) is 12.6. The summed E-state index contributed by atoms with van der Waals surface area (Å²) in [6, 6.07) is 4.43. The molecule has 1 heterocycles. The number of nitrogens with zero attached hydrogens (tertiary/aromatic N) is 1. The number of ether oxygens (including phenoxy) is 1. The van der Waals surface area contributed by atoms with E-state index < -0.39 is 36.1 Å². The van der Waals surface area contributed by atoms with Crippen LogP contribution in [0.4, 0.5) is 17.6 Å². The van der Waals surface area contributed by atoms with Gasteiger partial charge in [0.1, 0.15) is 18.0 Å². The van der Waals surface area contributed by atoms with E-state index in [0.29, 0.717) is 0 Å². The number of hydrogen-bond acceptors (Lipinski definition) is 3. The number of hydrogen-bond donors (Lipinski definition) is 1. The first-order valence-corrected chi connectivity index (χ1v) is 7.24. The summed E-state index contributed by atoms with van der Waals surface area (Å²) < 4.78 is 54.4. The van der Waals surface area contributed by atoms with E-state index in [4.69, 9.17) is 5.73 Å². The van der Waals surface area contributed by atoms with E-state index in [1.54, 1.807) is 0 Å². The Hall–Kier alpha value is -2.32. The Morgan fingerprint density at radius 2 is 1.96 bits per heavy atom. The first-order valence-electron chi connectivity index (χ1n) is 7.24. The van der Waals surface area contributed by atoms with E-state index in [1.807, 2.05) is 0 Å². The number of likely N-dealkylation sites (tertiary alicyclic amines) is 1. The van der Waals surface area contributed by atoms with E-state index in [1.165, 1.54) is 18.2 Å². The van der Waals surface area contributed by atoms with Crippen LogP contribution in [0.15, 0.2) is 24.3 Å². The number of carbonyl (C=O) groups excluding carboxylic acids is 2. The van der Waals surface area contributed by atoms with Crippen LogP contribution in [0.3, 0.4) is 0 Å². The van der Waals surface area contributed by atoms with E-state index in [-0.39, 0.29) is 31.4 Å². The van der Waals surface area contributed by atoms with Crippen LogP contribution < -0.4 is 10.5 Å². The van der Waals surface area contributed by atoms with Gasteiger partial charge in [-0.05, 0) is 18.1 Å². The van der Waals surface area contributed by atoms with Crippen molar-refractivity contribution in [2.45, 2.75) is 37.8 Å². The average Bonchev–Trinajstić information content (AvgIpc) is 2.87. The first kappa shape index (κ1) is 18.0. The van der Waals surface area contributed by atoms with Crippen molar-refractivity contribution < 1.29 is 31.9 Å². The van der Waals surface area contributed by atoms with E-state index >= 15 is 0 Å². The number of alkyl halides is 4. The molecular formula is C15H16F4N2O3. The predicted octanol–water partition coefficient (Wildman–Crippen LogP) is 1.94. The Morgan fingerprint density at radius 3 is 2.58 bits per heavy atom. The fourth-order valence-corrected chi connectivity index (χ4v) is 2.65. The molecule has 1 aliphatic rings. The van der Waals surface area contributed by atoms with Gasteiger partial charge in [0.05, 0.1) is 6.54 Å². The molecule has 0 radical (unpaired) electrons. The SMILES string of the molecule is NC(=O)[C@@H]1C[C@@H](F)CN1C(=O)CCc1ccccc1OC(F)(F)F. The van der Waals surface area contributed by atoms with Crippen molar-refractivity contribution in [1.82, 2.24) is 4.90 Å². The highest BCUT2D eigenvalue weighted by atomic mass is 19.4. The molecule has 0 aromatic heterocycles. The lowest BCUT2D eigenvalue weighted by Crippen LogP contribution is -2.43. The maximum atomic E-state index is 13.4. The molecule has 1 aliphatic heterocycles.